The lowest BCUT2D eigenvalue weighted by atomic mass is 9.76. The Kier molecular flexibility index (Phi) is 3.06. The van der Waals surface area contributed by atoms with Crippen LogP contribution in [0.1, 0.15) is 57.8 Å². The van der Waals surface area contributed by atoms with Gasteiger partial charge in [-0.2, -0.15) is 0 Å². The number of piperidine rings is 1. The fourth-order valence-corrected chi connectivity index (χ4v) is 5.64. The lowest BCUT2D eigenvalue weighted by Gasteiger charge is -2.48. The molecule has 4 rings (SSSR count). The van der Waals surface area contributed by atoms with Crippen LogP contribution in [0.25, 0.3) is 0 Å². The first-order valence-electron chi connectivity index (χ1n) is 8.36. The number of hydrogen-bond acceptors (Lipinski definition) is 3. The van der Waals surface area contributed by atoms with Crippen molar-refractivity contribution in [2.24, 2.45) is 22.9 Å². The molecule has 106 valence electrons. The maximum absolute atomic E-state index is 9.45. The topological polar surface area (TPSA) is 35.8 Å². The number of likely N-dealkylation sites (tertiary alicyclic amines) is 1. The minimum atomic E-state index is 0.495. The van der Waals surface area contributed by atoms with E-state index in [1.807, 2.05) is 0 Å². The average Bonchev–Trinajstić information content (AvgIpc) is 3.07. The lowest BCUT2D eigenvalue weighted by molar-refractivity contribution is 0.0305. The van der Waals surface area contributed by atoms with Crippen molar-refractivity contribution in [3.05, 3.63) is 0 Å². The molecule has 5 atom stereocenters. The minimum absolute atomic E-state index is 0.495. The molecule has 19 heavy (non-hydrogen) atoms. The van der Waals surface area contributed by atoms with E-state index in [0.29, 0.717) is 12.0 Å². The van der Waals surface area contributed by atoms with E-state index in [4.69, 9.17) is 0 Å². The maximum Gasteiger partial charge on any atom is 0.0775 e. The molecule has 0 aromatic rings. The smallest absolute Gasteiger partial charge is 0.0775 e. The fourth-order valence-electron chi connectivity index (χ4n) is 5.64. The molecule has 0 aromatic heterocycles. The molecule has 5 unspecified atom stereocenters. The molecule has 0 amide bonds. The van der Waals surface area contributed by atoms with Crippen molar-refractivity contribution < 1.29 is 5.21 Å². The van der Waals surface area contributed by atoms with Crippen molar-refractivity contribution in [2.75, 3.05) is 6.54 Å². The Balaban J connectivity index is 1.60. The molecular weight excluding hydrogens is 236 g/mol. The molecule has 3 heteroatoms. The standard InChI is InChI=1S/C16H26N2O/c19-17-15-12-7-8-13(10-12)16(15)18-9-3-5-11-4-1-2-6-14(11)18/h11-14,16,19H,1-10H2. The second-order valence-corrected chi connectivity index (χ2v) is 7.23. The normalized spacial score (nSPS) is 48.6. The van der Waals surface area contributed by atoms with Crippen LogP contribution >= 0.6 is 0 Å². The summed E-state index contributed by atoms with van der Waals surface area (Å²) in [6.45, 7) is 1.24. The van der Waals surface area contributed by atoms with E-state index in [2.05, 4.69) is 10.1 Å². The van der Waals surface area contributed by atoms with Gasteiger partial charge >= 0.3 is 0 Å². The summed E-state index contributed by atoms with van der Waals surface area (Å²) >= 11 is 0. The van der Waals surface area contributed by atoms with Gasteiger partial charge in [0, 0.05) is 12.0 Å². The van der Waals surface area contributed by atoms with Crippen LogP contribution in [0.4, 0.5) is 0 Å². The first kappa shape index (κ1) is 12.2. The average molecular weight is 262 g/mol. The molecule has 1 aliphatic heterocycles. The molecule has 0 spiro atoms. The van der Waals surface area contributed by atoms with E-state index >= 15 is 0 Å². The van der Waals surface area contributed by atoms with Gasteiger partial charge in [-0.05, 0) is 63.3 Å². The summed E-state index contributed by atoms with van der Waals surface area (Å²) in [7, 11) is 0. The predicted molar refractivity (Wildman–Crippen MR) is 75.5 cm³/mol. The molecule has 2 bridgehead atoms. The Labute approximate surface area is 116 Å². The number of fused-ring (bicyclic) bond motifs is 3. The monoisotopic (exact) mass is 262 g/mol. The fraction of sp³-hybridized carbons (Fsp3) is 0.938. The molecular formula is C16H26N2O. The summed E-state index contributed by atoms with van der Waals surface area (Å²) in [5.74, 6) is 2.32. The van der Waals surface area contributed by atoms with Gasteiger partial charge in [0.25, 0.3) is 0 Å². The van der Waals surface area contributed by atoms with Crippen molar-refractivity contribution in [1.29, 1.82) is 0 Å². The highest BCUT2D eigenvalue weighted by Crippen LogP contribution is 2.48. The molecule has 1 N–H and O–H groups in total. The lowest BCUT2D eigenvalue weighted by Crippen LogP contribution is -2.55. The quantitative estimate of drug-likeness (QED) is 0.581. The third-order valence-electron chi connectivity index (χ3n) is 6.40. The summed E-state index contributed by atoms with van der Waals surface area (Å²) in [5, 5.41) is 13.2. The van der Waals surface area contributed by atoms with E-state index in [0.717, 1.165) is 23.6 Å². The molecule has 0 aromatic carbocycles. The Morgan fingerprint density at radius 3 is 2.68 bits per heavy atom. The molecule has 1 heterocycles. The predicted octanol–water partition coefficient (Wildman–Crippen LogP) is 3.27. The van der Waals surface area contributed by atoms with Crippen LogP contribution < -0.4 is 0 Å². The van der Waals surface area contributed by atoms with Gasteiger partial charge in [0.2, 0.25) is 0 Å². The summed E-state index contributed by atoms with van der Waals surface area (Å²) in [4.78, 5) is 2.77. The van der Waals surface area contributed by atoms with Crippen molar-refractivity contribution in [2.45, 2.75) is 69.9 Å². The zero-order valence-corrected chi connectivity index (χ0v) is 11.8. The third-order valence-corrected chi connectivity index (χ3v) is 6.40. The highest BCUT2D eigenvalue weighted by Gasteiger charge is 2.50. The van der Waals surface area contributed by atoms with E-state index in [1.54, 1.807) is 0 Å². The van der Waals surface area contributed by atoms with Crippen LogP contribution in [0.3, 0.4) is 0 Å². The third kappa shape index (κ3) is 1.84. The zero-order valence-electron chi connectivity index (χ0n) is 11.8. The van der Waals surface area contributed by atoms with Crippen LogP contribution in [0, 0.1) is 17.8 Å². The van der Waals surface area contributed by atoms with E-state index in [-0.39, 0.29) is 0 Å². The molecule has 0 radical (unpaired) electrons. The second kappa shape index (κ2) is 4.76. The van der Waals surface area contributed by atoms with Crippen LogP contribution in [0.15, 0.2) is 5.16 Å². The van der Waals surface area contributed by atoms with Crippen molar-refractivity contribution in [1.82, 2.24) is 4.90 Å². The van der Waals surface area contributed by atoms with Crippen LogP contribution in [-0.4, -0.2) is 34.4 Å². The van der Waals surface area contributed by atoms with E-state index in [1.165, 1.54) is 64.3 Å². The van der Waals surface area contributed by atoms with Crippen molar-refractivity contribution in [3.63, 3.8) is 0 Å². The molecule has 4 aliphatic rings. The van der Waals surface area contributed by atoms with Gasteiger partial charge in [-0.1, -0.05) is 18.0 Å². The molecule has 1 saturated heterocycles. The first-order chi connectivity index (χ1) is 9.38. The van der Waals surface area contributed by atoms with Gasteiger partial charge in [0.05, 0.1) is 11.8 Å². The molecule has 3 aliphatic carbocycles. The van der Waals surface area contributed by atoms with Crippen LogP contribution in [0.2, 0.25) is 0 Å². The summed E-state index contributed by atoms with van der Waals surface area (Å²) in [6, 6.07) is 1.29. The van der Waals surface area contributed by atoms with Gasteiger partial charge in [0.1, 0.15) is 0 Å². The van der Waals surface area contributed by atoms with E-state index in [9.17, 15) is 5.21 Å². The zero-order chi connectivity index (χ0) is 12.8. The Hall–Kier alpha value is -0.570. The van der Waals surface area contributed by atoms with Gasteiger partial charge in [-0.3, -0.25) is 4.90 Å². The Bertz CT molecular complexity index is 379. The Morgan fingerprint density at radius 2 is 1.79 bits per heavy atom. The van der Waals surface area contributed by atoms with Crippen LogP contribution in [-0.2, 0) is 0 Å². The highest BCUT2D eigenvalue weighted by molar-refractivity contribution is 5.94. The first-order valence-corrected chi connectivity index (χ1v) is 8.36. The number of nitrogens with zero attached hydrogens (tertiary/aromatic N) is 2. The molecule has 3 nitrogen and oxygen atoms in total. The summed E-state index contributed by atoms with van der Waals surface area (Å²) in [6.07, 6.45) is 12.4. The summed E-state index contributed by atoms with van der Waals surface area (Å²) in [5.41, 5.74) is 1.14. The van der Waals surface area contributed by atoms with Gasteiger partial charge in [-0.15, -0.1) is 0 Å². The van der Waals surface area contributed by atoms with Crippen LogP contribution in [0.5, 0.6) is 0 Å². The number of oxime groups is 1. The Morgan fingerprint density at radius 1 is 0.947 bits per heavy atom. The minimum Gasteiger partial charge on any atom is -0.411 e. The largest absolute Gasteiger partial charge is 0.411 e. The molecule has 3 saturated carbocycles. The maximum atomic E-state index is 9.45. The van der Waals surface area contributed by atoms with E-state index < -0.39 is 0 Å². The SMILES string of the molecule is ON=C1C2CCC(C2)C1N1CCCC2CCCCC21. The molecule has 4 fully saturated rings. The second-order valence-electron chi connectivity index (χ2n) is 7.23. The van der Waals surface area contributed by atoms with Gasteiger partial charge in [-0.25, -0.2) is 0 Å². The number of hydrogen-bond donors (Lipinski definition) is 1. The van der Waals surface area contributed by atoms with Crippen molar-refractivity contribution in [3.8, 4) is 0 Å². The summed E-state index contributed by atoms with van der Waals surface area (Å²) < 4.78 is 0. The number of rotatable bonds is 1. The van der Waals surface area contributed by atoms with Crippen molar-refractivity contribution >= 4 is 5.71 Å². The van der Waals surface area contributed by atoms with Gasteiger partial charge in [0.15, 0.2) is 0 Å². The van der Waals surface area contributed by atoms with Gasteiger partial charge < -0.3 is 5.21 Å². The highest BCUT2D eigenvalue weighted by atomic mass is 16.4.